The molecule has 1 aromatic carbocycles. The molecule has 3 N–H and O–H groups in total. The lowest BCUT2D eigenvalue weighted by Gasteiger charge is -2.33. The van der Waals surface area contributed by atoms with Crippen LogP contribution in [0.25, 0.3) is 6.08 Å². The zero-order valence-corrected chi connectivity index (χ0v) is 18.7. The van der Waals surface area contributed by atoms with Crippen LogP contribution in [0.3, 0.4) is 0 Å². The smallest absolute Gasteiger partial charge is 0.267 e. The molecule has 0 spiro atoms. The van der Waals surface area contributed by atoms with E-state index in [1.54, 1.807) is 12.4 Å². The number of anilines is 1. The molecule has 3 rings (SSSR count). The number of rotatable bonds is 7. The van der Waals surface area contributed by atoms with Gasteiger partial charge < -0.3 is 10.2 Å². The van der Waals surface area contributed by atoms with Gasteiger partial charge in [-0.1, -0.05) is 23.7 Å². The topological polar surface area (TPSA) is 90.4 Å². The number of likely N-dealkylation sites (tertiary alicyclic amines) is 1. The maximum Gasteiger partial charge on any atom is 0.267 e. The van der Waals surface area contributed by atoms with Gasteiger partial charge in [0.1, 0.15) is 5.82 Å². The monoisotopic (exact) mass is 473 g/mol. The normalized spacial score (nSPS) is 16.4. The standard InChI is InChI=1S/C20H24ClN5O2.2ClH/c21-16-5-3-15(4-6-16)9-11-26-10-1-2-18(14-26)24-19-13-22-17(12-23-19)7-8-20(27)25-28;;/h3-8,12-13,18,28H,1-2,9-11,14H2,(H,23,24)(H,25,27);2*1H/b8-7+;;/t18-;;/m1../s1. The Kier molecular flexibility index (Phi) is 11.7. The van der Waals surface area contributed by atoms with Crippen molar-refractivity contribution in [2.24, 2.45) is 0 Å². The van der Waals surface area contributed by atoms with Crippen LogP contribution in [0, 0.1) is 0 Å². The summed E-state index contributed by atoms with van der Waals surface area (Å²) < 4.78 is 0. The van der Waals surface area contributed by atoms with Crippen LogP contribution < -0.4 is 10.8 Å². The molecular weight excluding hydrogens is 449 g/mol. The fourth-order valence-corrected chi connectivity index (χ4v) is 3.35. The second-order valence-corrected chi connectivity index (χ2v) is 7.23. The number of nitrogens with zero attached hydrogens (tertiary/aromatic N) is 3. The first-order valence-corrected chi connectivity index (χ1v) is 9.68. The molecule has 2 aromatic rings. The molecular formula is C20H26Cl3N5O2. The molecule has 0 bridgehead atoms. The Hall–Kier alpha value is -1.90. The number of carbonyl (C=O) groups excluding carboxylic acids is 1. The molecule has 1 amide bonds. The zero-order valence-electron chi connectivity index (χ0n) is 16.3. The average Bonchev–Trinajstić information content (AvgIpc) is 2.73. The molecule has 1 aliphatic rings. The number of hydroxylamine groups is 1. The molecule has 0 saturated carbocycles. The summed E-state index contributed by atoms with van der Waals surface area (Å²) in [5.74, 6) is 0.109. The molecule has 10 heteroatoms. The number of piperidine rings is 1. The van der Waals surface area contributed by atoms with Crippen LogP contribution in [-0.4, -0.2) is 51.7 Å². The molecule has 1 fully saturated rings. The largest absolute Gasteiger partial charge is 0.365 e. The van der Waals surface area contributed by atoms with E-state index in [1.165, 1.54) is 23.2 Å². The van der Waals surface area contributed by atoms with Gasteiger partial charge in [0, 0.05) is 30.2 Å². The fraction of sp³-hybridized carbons (Fsp3) is 0.350. The van der Waals surface area contributed by atoms with Crippen molar-refractivity contribution in [2.75, 3.05) is 25.0 Å². The van der Waals surface area contributed by atoms with Crippen LogP contribution in [0.2, 0.25) is 5.02 Å². The first-order chi connectivity index (χ1) is 13.6. The number of carbonyl (C=O) groups is 1. The number of hydrogen-bond donors (Lipinski definition) is 3. The lowest BCUT2D eigenvalue weighted by atomic mass is 10.0. The van der Waals surface area contributed by atoms with Crippen molar-refractivity contribution in [3.8, 4) is 0 Å². The third-order valence-electron chi connectivity index (χ3n) is 4.67. The number of benzene rings is 1. The summed E-state index contributed by atoms with van der Waals surface area (Å²) in [4.78, 5) is 22.1. The molecule has 1 aromatic heterocycles. The summed E-state index contributed by atoms with van der Waals surface area (Å²) in [6, 6.07) is 8.36. The average molecular weight is 475 g/mol. The van der Waals surface area contributed by atoms with Gasteiger partial charge in [0.15, 0.2) is 0 Å². The Morgan fingerprint density at radius 1 is 1.23 bits per heavy atom. The lowest BCUT2D eigenvalue weighted by molar-refractivity contribution is -0.124. The SMILES string of the molecule is Cl.Cl.O=C(/C=C/c1cnc(N[C@@H]2CCCN(CCc3ccc(Cl)cc3)C2)cn1)NO. The first kappa shape index (κ1) is 26.1. The van der Waals surface area contributed by atoms with E-state index in [0.717, 1.165) is 43.9 Å². The maximum atomic E-state index is 11.0. The minimum atomic E-state index is -0.607. The van der Waals surface area contributed by atoms with Crippen molar-refractivity contribution in [2.45, 2.75) is 25.3 Å². The van der Waals surface area contributed by atoms with Gasteiger partial charge >= 0.3 is 0 Å². The van der Waals surface area contributed by atoms with E-state index in [-0.39, 0.29) is 24.8 Å². The van der Waals surface area contributed by atoms with Gasteiger partial charge in [-0.2, -0.15) is 0 Å². The summed E-state index contributed by atoms with van der Waals surface area (Å²) in [5.41, 5.74) is 3.37. The highest BCUT2D eigenvalue weighted by Crippen LogP contribution is 2.16. The minimum absolute atomic E-state index is 0. The van der Waals surface area contributed by atoms with Gasteiger partial charge in [0.2, 0.25) is 0 Å². The first-order valence-electron chi connectivity index (χ1n) is 9.30. The van der Waals surface area contributed by atoms with Crippen molar-refractivity contribution >= 4 is 54.2 Å². The van der Waals surface area contributed by atoms with Crippen LogP contribution in [0.15, 0.2) is 42.7 Å². The van der Waals surface area contributed by atoms with Crippen LogP contribution in [0.1, 0.15) is 24.1 Å². The molecule has 7 nitrogen and oxygen atoms in total. The summed E-state index contributed by atoms with van der Waals surface area (Å²) >= 11 is 5.94. The number of aromatic nitrogens is 2. The van der Waals surface area contributed by atoms with Crippen LogP contribution in [-0.2, 0) is 11.2 Å². The second kappa shape index (κ2) is 13.4. The number of halogens is 3. The number of hydrogen-bond acceptors (Lipinski definition) is 6. The fourth-order valence-electron chi connectivity index (χ4n) is 3.22. The third-order valence-corrected chi connectivity index (χ3v) is 4.93. The number of nitrogens with one attached hydrogen (secondary N) is 2. The van der Waals surface area contributed by atoms with E-state index in [1.807, 2.05) is 12.1 Å². The Labute approximate surface area is 193 Å². The quantitative estimate of drug-likeness (QED) is 0.323. The van der Waals surface area contributed by atoms with Crippen LogP contribution >= 0.6 is 36.4 Å². The van der Waals surface area contributed by atoms with E-state index >= 15 is 0 Å². The Bertz CT molecular complexity index is 803. The predicted octanol–water partition coefficient (Wildman–Crippen LogP) is 3.61. The highest BCUT2D eigenvalue weighted by molar-refractivity contribution is 6.30. The van der Waals surface area contributed by atoms with Crippen molar-refractivity contribution in [1.29, 1.82) is 0 Å². The van der Waals surface area contributed by atoms with Gasteiger partial charge in [-0.3, -0.25) is 15.0 Å². The Morgan fingerprint density at radius 2 is 2.00 bits per heavy atom. The summed E-state index contributed by atoms with van der Waals surface area (Å²) in [6.07, 6.45) is 9.17. The van der Waals surface area contributed by atoms with Crippen molar-refractivity contribution in [3.05, 3.63) is 59.0 Å². The van der Waals surface area contributed by atoms with Gasteiger partial charge in [-0.15, -0.1) is 24.8 Å². The van der Waals surface area contributed by atoms with Gasteiger partial charge in [-0.25, -0.2) is 10.5 Å². The lowest BCUT2D eigenvalue weighted by Crippen LogP contribution is -2.43. The van der Waals surface area contributed by atoms with Crippen LogP contribution in [0.5, 0.6) is 0 Å². The predicted molar refractivity (Wildman–Crippen MR) is 124 cm³/mol. The molecule has 0 radical (unpaired) electrons. The second-order valence-electron chi connectivity index (χ2n) is 6.80. The Balaban J connectivity index is 0.00000225. The maximum absolute atomic E-state index is 11.0. The van der Waals surface area contributed by atoms with E-state index in [4.69, 9.17) is 16.8 Å². The summed E-state index contributed by atoms with van der Waals surface area (Å²) in [7, 11) is 0. The van der Waals surface area contributed by atoms with Gasteiger partial charge in [-0.05, 0) is 49.6 Å². The van der Waals surface area contributed by atoms with Crippen LogP contribution in [0.4, 0.5) is 5.82 Å². The molecule has 30 heavy (non-hydrogen) atoms. The minimum Gasteiger partial charge on any atom is -0.365 e. The zero-order chi connectivity index (χ0) is 19.8. The molecule has 1 saturated heterocycles. The molecule has 1 atom stereocenters. The summed E-state index contributed by atoms with van der Waals surface area (Å²) in [5, 5.41) is 12.7. The van der Waals surface area contributed by atoms with E-state index in [2.05, 4.69) is 32.3 Å². The van der Waals surface area contributed by atoms with E-state index in [9.17, 15) is 4.79 Å². The van der Waals surface area contributed by atoms with E-state index < -0.39 is 5.91 Å². The molecule has 0 unspecified atom stereocenters. The molecule has 164 valence electrons. The van der Waals surface area contributed by atoms with Gasteiger partial charge in [0.05, 0.1) is 18.1 Å². The van der Waals surface area contributed by atoms with Crippen molar-refractivity contribution in [3.63, 3.8) is 0 Å². The Morgan fingerprint density at radius 3 is 2.67 bits per heavy atom. The van der Waals surface area contributed by atoms with E-state index in [0.29, 0.717) is 17.6 Å². The summed E-state index contributed by atoms with van der Waals surface area (Å²) in [6.45, 7) is 3.09. The highest BCUT2D eigenvalue weighted by Gasteiger charge is 2.19. The van der Waals surface area contributed by atoms with Crippen molar-refractivity contribution < 1.29 is 10.0 Å². The highest BCUT2D eigenvalue weighted by atomic mass is 35.5. The third kappa shape index (κ3) is 8.45. The molecule has 0 aliphatic carbocycles. The molecule has 2 heterocycles. The van der Waals surface area contributed by atoms with Gasteiger partial charge in [0.25, 0.3) is 5.91 Å². The number of amides is 1. The van der Waals surface area contributed by atoms with Crippen molar-refractivity contribution in [1.82, 2.24) is 20.3 Å². The molecule has 1 aliphatic heterocycles.